The fourth-order valence-corrected chi connectivity index (χ4v) is 4.68. The highest BCUT2D eigenvalue weighted by Crippen LogP contribution is 2.50. The van der Waals surface area contributed by atoms with Gasteiger partial charge >= 0.3 is 0 Å². The number of aromatic nitrogens is 4. The number of hydrogen-bond acceptors (Lipinski definition) is 9. The second-order valence-electron chi connectivity index (χ2n) is 8.65. The molecule has 1 aromatic heterocycles. The molecule has 0 fully saturated rings. The van der Waals surface area contributed by atoms with Crippen LogP contribution in [0.4, 0.5) is 0 Å². The van der Waals surface area contributed by atoms with Crippen LogP contribution in [0.2, 0.25) is 0 Å². The van der Waals surface area contributed by atoms with Crippen LogP contribution in [-0.2, 0) is 11.2 Å². The predicted molar refractivity (Wildman–Crippen MR) is 130 cm³/mol. The zero-order valence-corrected chi connectivity index (χ0v) is 20.7. The summed E-state index contributed by atoms with van der Waals surface area (Å²) in [6.07, 6.45) is 1.61. The van der Waals surface area contributed by atoms with Gasteiger partial charge < -0.3 is 24.3 Å². The molecule has 3 heterocycles. The van der Waals surface area contributed by atoms with Crippen LogP contribution in [-0.4, -0.2) is 78.3 Å². The van der Waals surface area contributed by atoms with Crippen molar-refractivity contribution >= 4 is 5.91 Å². The summed E-state index contributed by atoms with van der Waals surface area (Å²) in [6, 6.07) is 8.99. The lowest BCUT2D eigenvalue weighted by Gasteiger charge is -2.34. The van der Waals surface area contributed by atoms with E-state index < -0.39 is 0 Å². The van der Waals surface area contributed by atoms with Crippen molar-refractivity contribution in [3.8, 4) is 22.9 Å². The van der Waals surface area contributed by atoms with Crippen molar-refractivity contribution in [1.29, 1.82) is 0 Å². The van der Waals surface area contributed by atoms with E-state index in [1.54, 1.807) is 23.9 Å². The Morgan fingerprint density at radius 2 is 2.08 bits per heavy atom. The molecule has 1 N–H and O–H groups in total. The zero-order chi connectivity index (χ0) is 25.1. The van der Waals surface area contributed by atoms with E-state index in [2.05, 4.69) is 25.7 Å². The van der Waals surface area contributed by atoms with E-state index >= 15 is 0 Å². The Bertz CT molecular complexity index is 1230. The van der Waals surface area contributed by atoms with Crippen molar-refractivity contribution in [2.45, 2.75) is 25.8 Å². The van der Waals surface area contributed by atoms with E-state index in [1.165, 1.54) is 0 Å². The first-order valence-corrected chi connectivity index (χ1v) is 12.1. The first-order valence-electron chi connectivity index (χ1n) is 12.1. The molecule has 0 spiro atoms. The molecule has 2 aliphatic rings. The molecule has 5 rings (SSSR count). The average molecular weight is 495 g/mol. The quantitative estimate of drug-likeness (QED) is 0.447. The molecule has 0 radical (unpaired) electrons. The van der Waals surface area contributed by atoms with Crippen molar-refractivity contribution in [2.75, 3.05) is 47.3 Å². The lowest BCUT2D eigenvalue weighted by Crippen LogP contribution is -2.35. The summed E-state index contributed by atoms with van der Waals surface area (Å²) >= 11 is 0. The van der Waals surface area contributed by atoms with Crippen LogP contribution >= 0.6 is 0 Å². The predicted octanol–water partition coefficient (Wildman–Crippen LogP) is 2.13. The Labute approximate surface area is 209 Å². The Balaban J connectivity index is 1.42. The lowest BCUT2D eigenvalue weighted by atomic mass is 9.90. The number of nitrogens with zero attached hydrogens (tertiary/aromatic N) is 5. The number of methoxy groups -OCH3 is 1. The third kappa shape index (κ3) is 4.47. The third-order valence-electron chi connectivity index (χ3n) is 6.46. The smallest absolute Gasteiger partial charge is 0.251 e. The van der Waals surface area contributed by atoms with Crippen molar-refractivity contribution < 1.29 is 23.7 Å². The fraction of sp³-hybridized carbons (Fsp3) is 0.440. The molecule has 1 atom stereocenters. The van der Waals surface area contributed by atoms with Gasteiger partial charge in [0.15, 0.2) is 17.3 Å². The topological polar surface area (TPSA) is 113 Å². The van der Waals surface area contributed by atoms with E-state index in [4.69, 9.17) is 18.9 Å². The molecule has 11 heteroatoms. The average Bonchev–Trinajstić information content (AvgIpc) is 3.57. The fourth-order valence-electron chi connectivity index (χ4n) is 4.68. The maximum atomic E-state index is 12.5. The van der Waals surface area contributed by atoms with Gasteiger partial charge in [0.05, 0.1) is 12.8 Å². The van der Waals surface area contributed by atoms with Crippen LogP contribution in [0, 0.1) is 0 Å². The summed E-state index contributed by atoms with van der Waals surface area (Å²) in [5.74, 6) is 2.45. The molecule has 0 unspecified atom stereocenters. The second kappa shape index (κ2) is 10.5. The van der Waals surface area contributed by atoms with Crippen molar-refractivity contribution in [3.63, 3.8) is 0 Å². The molecular weight excluding hydrogens is 464 g/mol. The van der Waals surface area contributed by atoms with Crippen LogP contribution in [0.5, 0.6) is 17.2 Å². The van der Waals surface area contributed by atoms with E-state index in [0.717, 1.165) is 36.2 Å². The van der Waals surface area contributed by atoms with Gasteiger partial charge in [-0.25, -0.2) is 0 Å². The van der Waals surface area contributed by atoms with Crippen LogP contribution < -0.4 is 19.5 Å². The Morgan fingerprint density at radius 3 is 2.86 bits per heavy atom. The molecule has 0 aliphatic carbocycles. The molecule has 0 saturated carbocycles. The van der Waals surface area contributed by atoms with Crippen molar-refractivity contribution in [2.24, 2.45) is 0 Å². The van der Waals surface area contributed by atoms with Gasteiger partial charge in [-0.3, -0.25) is 9.69 Å². The number of tetrazole rings is 1. The maximum Gasteiger partial charge on any atom is 0.251 e. The molecular formula is C25H30N6O5. The van der Waals surface area contributed by atoms with Crippen LogP contribution in [0.15, 0.2) is 30.3 Å². The Hall–Kier alpha value is -3.70. The molecule has 2 aromatic carbocycles. The summed E-state index contributed by atoms with van der Waals surface area (Å²) in [5, 5.41) is 15.6. The van der Waals surface area contributed by atoms with E-state index in [9.17, 15) is 4.79 Å². The Morgan fingerprint density at radius 1 is 1.25 bits per heavy atom. The third-order valence-corrected chi connectivity index (χ3v) is 6.46. The molecule has 11 nitrogen and oxygen atoms in total. The standard InChI is InChI=1S/C25H30N6O5/c1-4-34-13-5-11-26-25(32)16-6-8-18(9-7-16)31-24(27-28-29-31)21-20-17(10-12-30(21)2)14-19-22(23(20)33-3)36-15-35-19/h6-9,14,21H,4-5,10-13,15H2,1-3H3,(H,26,32)/t21-/m0/s1. The summed E-state index contributed by atoms with van der Waals surface area (Å²) in [5.41, 5.74) is 3.40. The largest absolute Gasteiger partial charge is 0.492 e. The van der Waals surface area contributed by atoms with E-state index in [-0.39, 0.29) is 18.7 Å². The Kier molecular flexibility index (Phi) is 7.01. The van der Waals surface area contributed by atoms with Crippen molar-refractivity contribution in [1.82, 2.24) is 30.4 Å². The molecule has 36 heavy (non-hydrogen) atoms. The highest BCUT2D eigenvalue weighted by Gasteiger charge is 2.37. The van der Waals surface area contributed by atoms with Gasteiger partial charge in [-0.05, 0) is 73.1 Å². The van der Waals surface area contributed by atoms with Crippen LogP contribution in [0.25, 0.3) is 5.69 Å². The minimum Gasteiger partial charge on any atom is -0.492 e. The highest BCUT2D eigenvalue weighted by atomic mass is 16.7. The van der Waals surface area contributed by atoms with Gasteiger partial charge in [-0.1, -0.05) is 0 Å². The number of carbonyl (C=O) groups is 1. The van der Waals surface area contributed by atoms with Crippen molar-refractivity contribution in [3.05, 3.63) is 52.8 Å². The number of ether oxygens (including phenoxy) is 4. The first-order chi connectivity index (χ1) is 17.6. The van der Waals surface area contributed by atoms with Gasteiger partial charge in [-0.15, -0.1) is 5.10 Å². The minimum atomic E-state index is -0.262. The van der Waals surface area contributed by atoms with Gasteiger partial charge in [0, 0.05) is 37.4 Å². The maximum absolute atomic E-state index is 12.5. The molecule has 0 bridgehead atoms. The van der Waals surface area contributed by atoms with Gasteiger partial charge in [0.25, 0.3) is 5.91 Å². The number of fused-ring (bicyclic) bond motifs is 2. The lowest BCUT2D eigenvalue weighted by molar-refractivity contribution is 0.0944. The molecule has 2 aliphatic heterocycles. The number of likely N-dealkylation sites (N-methyl/N-ethyl adjacent to an activating group) is 1. The summed E-state index contributed by atoms with van der Waals surface area (Å²) < 4.78 is 24.2. The molecule has 190 valence electrons. The number of hydrogen-bond donors (Lipinski definition) is 1. The van der Waals surface area contributed by atoms with Crippen LogP contribution in [0.1, 0.15) is 46.7 Å². The first kappa shape index (κ1) is 24.0. The normalized spacial score (nSPS) is 16.6. The van der Waals surface area contributed by atoms with E-state index in [0.29, 0.717) is 48.4 Å². The van der Waals surface area contributed by atoms with Gasteiger partial charge in [0.1, 0.15) is 6.04 Å². The monoisotopic (exact) mass is 494 g/mol. The number of rotatable bonds is 9. The molecule has 0 saturated heterocycles. The second-order valence-corrected chi connectivity index (χ2v) is 8.65. The number of carbonyl (C=O) groups excluding carboxylic acids is 1. The van der Waals surface area contributed by atoms with Gasteiger partial charge in [0.2, 0.25) is 12.5 Å². The summed E-state index contributed by atoms with van der Waals surface area (Å²) in [6.45, 7) is 4.80. The molecule has 1 amide bonds. The minimum absolute atomic E-state index is 0.128. The summed E-state index contributed by atoms with van der Waals surface area (Å²) in [7, 11) is 3.67. The summed E-state index contributed by atoms with van der Waals surface area (Å²) in [4.78, 5) is 14.7. The highest BCUT2D eigenvalue weighted by molar-refractivity contribution is 5.94. The zero-order valence-electron chi connectivity index (χ0n) is 20.7. The molecule has 3 aromatic rings. The number of benzene rings is 2. The van der Waals surface area contributed by atoms with Gasteiger partial charge in [-0.2, -0.15) is 4.68 Å². The van der Waals surface area contributed by atoms with E-state index in [1.807, 2.05) is 32.2 Å². The van der Waals surface area contributed by atoms with Crippen LogP contribution in [0.3, 0.4) is 0 Å². The number of nitrogens with one attached hydrogen (secondary N) is 1. The SMILES string of the molecule is CCOCCCNC(=O)c1ccc(-n2nnnc2[C@@H]2c3c(cc4c(c3OC)OCO4)CCN2C)cc1. The number of amides is 1.